The van der Waals surface area contributed by atoms with Gasteiger partial charge in [-0.1, -0.05) is 62.4 Å². The van der Waals surface area contributed by atoms with Crippen LogP contribution in [0.1, 0.15) is 70.1 Å². The lowest BCUT2D eigenvalue weighted by molar-refractivity contribution is 0.0601. The van der Waals surface area contributed by atoms with Crippen LogP contribution in [0.15, 0.2) is 91.4 Å². The van der Waals surface area contributed by atoms with E-state index in [4.69, 9.17) is 4.74 Å². The van der Waals surface area contributed by atoms with Crippen molar-refractivity contribution >= 4 is 22.9 Å². The zero-order chi connectivity index (χ0) is 28.2. The highest BCUT2D eigenvalue weighted by atomic mass is 16.5. The zero-order valence-corrected chi connectivity index (χ0v) is 23.1. The number of carbonyl (C=O) groups excluding carboxylic acids is 2. The third kappa shape index (κ3) is 5.64. The molecular weight excluding hydrogens is 500 g/mol. The largest absolute Gasteiger partial charge is 0.465 e. The van der Waals surface area contributed by atoms with Crippen LogP contribution in [0.3, 0.4) is 0 Å². The van der Waals surface area contributed by atoms with E-state index in [1.807, 2.05) is 66.1 Å². The number of imidazole rings is 1. The van der Waals surface area contributed by atoms with Crippen molar-refractivity contribution in [2.24, 2.45) is 0 Å². The Morgan fingerprint density at radius 1 is 0.900 bits per heavy atom. The SMILES string of the molecule is COC(=O)c1ccccc1-c1ccc(Cn2cnc3cc(C(=O)NC(C)c4cccc(C(C)C)c4)ccc32)cn1. The molecule has 2 heterocycles. The van der Waals surface area contributed by atoms with Crippen molar-refractivity contribution in [3.8, 4) is 11.3 Å². The molecule has 5 rings (SSSR count). The first-order valence-corrected chi connectivity index (χ1v) is 13.3. The molecule has 0 radical (unpaired) electrons. The lowest BCUT2D eigenvalue weighted by Gasteiger charge is -2.16. The normalized spacial score (nSPS) is 11.9. The van der Waals surface area contributed by atoms with E-state index in [2.05, 4.69) is 41.3 Å². The molecule has 2 aromatic heterocycles. The third-order valence-electron chi connectivity index (χ3n) is 7.09. The Morgan fingerprint density at radius 3 is 2.45 bits per heavy atom. The molecule has 0 aliphatic carbocycles. The number of hydrogen-bond acceptors (Lipinski definition) is 5. The second kappa shape index (κ2) is 11.5. The smallest absolute Gasteiger partial charge is 0.338 e. The number of nitrogens with one attached hydrogen (secondary N) is 1. The van der Waals surface area contributed by atoms with E-state index in [0.29, 0.717) is 29.3 Å². The maximum absolute atomic E-state index is 13.0. The molecule has 1 unspecified atom stereocenters. The Morgan fingerprint density at radius 2 is 1.70 bits per heavy atom. The van der Waals surface area contributed by atoms with E-state index in [1.54, 1.807) is 24.7 Å². The molecular formula is C33H32N4O3. The van der Waals surface area contributed by atoms with Gasteiger partial charge in [0.2, 0.25) is 0 Å². The molecule has 0 saturated carbocycles. The number of ether oxygens (including phenoxy) is 1. The summed E-state index contributed by atoms with van der Waals surface area (Å²) in [5, 5.41) is 3.11. The van der Waals surface area contributed by atoms with Crippen molar-refractivity contribution < 1.29 is 14.3 Å². The van der Waals surface area contributed by atoms with E-state index in [-0.39, 0.29) is 11.9 Å². The Bertz CT molecular complexity index is 1670. The van der Waals surface area contributed by atoms with Gasteiger partial charge < -0.3 is 14.6 Å². The van der Waals surface area contributed by atoms with Crippen LogP contribution in [-0.2, 0) is 11.3 Å². The zero-order valence-electron chi connectivity index (χ0n) is 23.1. The minimum absolute atomic E-state index is 0.116. The lowest BCUT2D eigenvalue weighted by Crippen LogP contribution is -2.26. The number of pyridine rings is 1. The van der Waals surface area contributed by atoms with Crippen LogP contribution in [0.25, 0.3) is 22.3 Å². The summed E-state index contributed by atoms with van der Waals surface area (Å²) in [4.78, 5) is 34.3. The van der Waals surface area contributed by atoms with Crippen molar-refractivity contribution in [2.75, 3.05) is 7.11 Å². The minimum Gasteiger partial charge on any atom is -0.465 e. The van der Waals surface area contributed by atoms with Crippen LogP contribution in [0, 0.1) is 0 Å². The highest BCUT2D eigenvalue weighted by molar-refractivity contribution is 5.98. The molecule has 0 aliphatic heterocycles. The highest BCUT2D eigenvalue weighted by Gasteiger charge is 2.16. The molecule has 0 bridgehead atoms. The van der Waals surface area contributed by atoms with Gasteiger partial charge in [0.05, 0.1) is 48.3 Å². The van der Waals surface area contributed by atoms with Crippen molar-refractivity contribution in [1.29, 1.82) is 0 Å². The Balaban J connectivity index is 1.30. The molecule has 0 aliphatic rings. The number of methoxy groups -OCH3 is 1. The number of esters is 1. The number of nitrogens with zero attached hydrogens (tertiary/aromatic N) is 3. The van der Waals surface area contributed by atoms with E-state index in [1.165, 1.54) is 12.7 Å². The maximum Gasteiger partial charge on any atom is 0.338 e. The van der Waals surface area contributed by atoms with Crippen LogP contribution >= 0.6 is 0 Å². The summed E-state index contributed by atoms with van der Waals surface area (Å²) >= 11 is 0. The standard InChI is InChI=1S/C33H32N4O3/c1-21(2)24-8-7-9-25(16-24)22(3)36-32(38)26-13-15-31-30(17-26)35-20-37(31)19-23-12-14-29(34-18-23)27-10-5-6-11-28(27)33(39)40-4/h5-18,20-22H,19H2,1-4H3,(H,36,38). The number of carbonyl (C=O) groups is 2. The predicted molar refractivity (Wildman–Crippen MR) is 156 cm³/mol. The first-order chi connectivity index (χ1) is 19.3. The topological polar surface area (TPSA) is 86.1 Å². The van der Waals surface area contributed by atoms with Gasteiger partial charge in [-0.05, 0) is 59.9 Å². The molecule has 5 aromatic rings. The second-order valence-corrected chi connectivity index (χ2v) is 10.2. The Labute approximate surface area is 233 Å². The van der Waals surface area contributed by atoms with Crippen molar-refractivity contribution in [3.05, 3.63) is 119 Å². The van der Waals surface area contributed by atoms with Gasteiger partial charge in [-0.2, -0.15) is 0 Å². The summed E-state index contributed by atoms with van der Waals surface area (Å²) in [7, 11) is 1.37. The molecule has 1 atom stereocenters. The van der Waals surface area contributed by atoms with Crippen LogP contribution < -0.4 is 5.32 Å². The number of amides is 1. The lowest BCUT2D eigenvalue weighted by atomic mass is 9.98. The second-order valence-electron chi connectivity index (χ2n) is 10.2. The molecule has 202 valence electrons. The van der Waals surface area contributed by atoms with Gasteiger partial charge in [0.1, 0.15) is 0 Å². The average Bonchev–Trinajstić information content (AvgIpc) is 3.38. The Hall–Kier alpha value is -4.78. The molecule has 40 heavy (non-hydrogen) atoms. The average molecular weight is 533 g/mol. The fraction of sp³-hybridized carbons (Fsp3) is 0.212. The van der Waals surface area contributed by atoms with Crippen LogP contribution in [0.4, 0.5) is 0 Å². The number of benzene rings is 3. The van der Waals surface area contributed by atoms with Gasteiger partial charge in [-0.3, -0.25) is 9.78 Å². The van der Waals surface area contributed by atoms with Gasteiger partial charge >= 0.3 is 5.97 Å². The minimum atomic E-state index is -0.394. The predicted octanol–water partition coefficient (Wildman–Crippen LogP) is 6.55. The number of aromatic nitrogens is 3. The third-order valence-corrected chi connectivity index (χ3v) is 7.09. The summed E-state index contributed by atoms with van der Waals surface area (Å²) in [6, 6.07) is 25.0. The van der Waals surface area contributed by atoms with Crippen LogP contribution in [-0.4, -0.2) is 33.5 Å². The van der Waals surface area contributed by atoms with Crippen molar-refractivity contribution in [2.45, 2.75) is 39.3 Å². The van der Waals surface area contributed by atoms with Gasteiger partial charge in [-0.15, -0.1) is 0 Å². The van der Waals surface area contributed by atoms with Crippen molar-refractivity contribution in [3.63, 3.8) is 0 Å². The number of rotatable bonds is 8. The summed E-state index contributed by atoms with van der Waals surface area (Å²) in [6.45, 7) is 6.89. The first kappa shape index (κ1) is 26.8. The monoisotopic (exact) mass is 532 g/mol. The molecule has 3 aromatic carbocycles. The maximum atomic E-state index is 13.0. The van der Waals surface area contributed by atoms with E-state index in [0.717, 1.165) is 27.7 Å². The highest BCUT2D eigenvalue weighted by Crippen LogP contribution is 2.24. The molecule has 7 nitrogen and oxygen atoms in total. The van der Waals surface area contributed by atoms with Crippen LogP contribution in [0.5, 0.6) is 0 Å². The molecule has 1 amide bonds. The molecule has 0 saturated heterocycles. The molecule has 7 heteroatoms. The molecule has 0 fully saturated rings. The first-order valence-electron chi connectivity index (χ1n) is 13.3. The summed E-state index contributed by atoms with van der Waals surface area (Å²) in [5.74, 6) is -0.0995. The quantitative estimate of drug-likeness (QED) is 0.229. The Kier molecular flexibility index (Phi) is 7.73. The summed E-state index contributed by atoms with van der Waals surface area (Å²) < 4.78 is 6.93. The van der Waals surface area contributed by atoms with Crippen LogP contribution in [0.2, 0.25) is 0 Å². The fourth-order valence-corrected chi connectivity index (χ4v) is 4.75. The number of fused-ring (bicyclic) bond motifs is 1. The van der Waals surface area contributed by atoms with Gasteiger partial charge in [0.25, 0.3) is 5.91 Å². The van der Waals surface area contributed by atoms with E-state index >= 15 is 0 Å². The summed E-state index contributed by atoms with van der Waals surface area (Å²) in [6.07, 6.45) is 3.57. The van der Waals surface area contributed by atoms with E-state index < -0.39 is 5.97 Å². The molecule has 0 spiro atoms. The molecule has 1 N–H and O–H groups in total. The van der Waals surface area contributed by atoms with E-state index in [9.17, 15) is 9.59 Å². The van der Waals surface area contributed by atoms with Gasteiger partial charge in [0.15, 0.2) is 0 Å². The number of hydrogen-bond donors (Lipinski definition) is 1. The van der Waals surface area contributed by atoms with Crippen molar-refractivity contribution in [1.82, 2.24) is 19.9 Å². The summed E-state index contributed by atoms with van der Waals surface area (Å²) in [5.41, 5.74) is 7.46. The fourth-order valence-electron chi connectivity index (χ4n) is 4.75. The van der Waals surface area contributed by atoms with Gasteiger partial charge in [0, 0.05) is 17.3 Å². The van der Waals surface area contributed by atoms with Gasteiger partial charge in [-0.25, -0.2) is 9.78 Å².